The molecule has 1 atom stereocenters. The summed E-state index contributed by atoms with van der Waals surface area (Å²) in [7, 11) is 3.82. The summed E-state index contributed by atoms with van der Waals surface area (Å²) in [5, 5.41) is 0. The fourth-order valence-electron chi connectivity index (χ4n) is 3.67. The van der Waals surface area contributed by atoms with E-state index in [-0.39, 0.29) is 17.2 Å². The maximum atomic E-state index is 6.43. The number of rotatable bonds is 4. The van der Waals surface area contributed by atoms with Crippen molar-refractivity contribution in [2.75, 3.05) is 14.1 Å². The Morgan fingerprint density at radius 3 is 1.93 bits per heavy atom. The zero-order chi connectivity index (χ0) is 21.7. The Morgan fingerprint density at radius 1 is 0.862 bits per heavy atom. The van der Waals surface area contributed by atoms with Crippen LogP contribution in [0.4, 0.5) is 0 Å². The van der Waals surface area contributed by atoms with E-state index in [0.717, 1.165) is 14.4 Å². The minimum Gasteiger partial charge on any atom is -0.399 e. The van der Waals surface area contributed by atoms with Crippen LogP contribution in [-0.2, 0) is 9.31 Å². The van der Waals surface area contributed by atoms with Gasteiger partial charge >= 0.3 is 7.12 Å². The van der Waals surface area contributed by atoms with Gasteiger partial charge in [0.25, 0.3) is 0 Å². The number of aryl methyl sites for hydroxylation is 2. The molecule has 3 rings (SSSR count). The van der Waals surface area contributed by atoms with Gasteiger partial charge in [0, 0.05) is 8.95 Å². The van der Waals surface area contributed by atoms with Gasteiger partial charge in [0.2, 0.25) is 0 Å². The van der Waals surface area contributed by atoms with Crippen LogP contribution in [-0.4, -0.2) is 37.3 Å². The van der Waals surface area contributed by atoms with Crippen LogP contribution in [0.3, 0.4) is 0 Å². The molecular weight excluding hydrogens is 493 g/mol. The highest BCUT2D eigenvalue weighted by Gasteiger charge is 2.52. The fraction of sp³-hybridized carbons (Fsp3) is 0.478. The van der Waals surface area contributed by atoms with E-state index in [0.29, 0.717) is 0 Å². The van der Waals surface area contributed by atoms with Crippen LogP contribution in [0.1, 0.15) is 56.0 Å². The summed E-state index contributed by atoms with van der Waals surface area (Å²) in [5.41, 5.74) is 5.12. The molecule has 0 bridgehead atoms. The topological polar surface area (TPSA) is 21.7 Å². The summed E-state index contributed by atoms with van der Waals surface area (Å²) in [6.45, 7) is 12.6. The third-order valence-electron chi connectivity index (χ3n) is 6.19. The first-order valence-electron chi connectivity index (χ1n) is 9.92. The summed E-state index contributed by atoms with van der Waals surface area (Å²) in [6, 6.07) is 11.1. The molecule has 0 aliphatic carbocycles. The molecule has 29 heavy (non-hydrogen) atoms. The van der Waals surface area contributed by atoms with E-state index in [1.165, 1.54) is 22.3 Å². The molecular formula is C23H30BBr2NO2. The summed E-state index contributed by atoms with van der Waals surface area (Å²) < 4.78 is 15.1. The van der Waals surface area contributed by atoms with Gasteiger partial charge in [-0.2, -0.15) is 0 Å². The van der Waals surface area contributed by atoms with Crippen LogP contribution >= 0.6 is 31.9 Å². The summed E-state index contributed by atoms with van der Waals surface area (Å²) >= 11 is 7.44. The van der Waals surface area contributed by atoms with Crippen molar-refractivity contribution >= 4 is 44.4 Å². The number of hydrogen-bond donors (Lipinski definition) is 0. The van der Waals surface area contributed by atoms with Gasteiger partial charge in [-0.25, -0.2) is 0 Å². The van der Waals surface area contributed by atoms with Gasteiger partial charge in [-0.3, -0.25) is 4.90 Å². The van der Waals surface area contributed by atoms with E-state index in [9.17, 15) is 0 Å². The van der Waals surface area contributed by atoms with Crippen LogP contribution in [0, 0.1) is 13.8 Å². The minimum absolute atomic E-state index is 0.0674. The number of benzene rings is 2. The van der Waals surface area contributed by atoms with Gasteiger partial charge < -0.3 is 9.31 Å². The third-order valence-corrected chi connectivity index (χ3v) is 7.90. The van der Waals surface area contributed by atoms with Crippen LogP contribution in [0.15, 0.2) is 39.3 Å². The molecule has 156 valence electrons. The molecule has 1 aliphatic rings. The van der Waals surface area contributed by atoms with E-state index < -0.39 is 7.12 Å². The molecule has 0 amide bonds. The molecule has 6 heteroatoms. The molecule has 1 heterocycles. The Kier molecular flexibility index (Phi) is 6.45. The van der Waals surface area contributed by atoms with Crippen molar-refractivity contribution in [1.29, 1.82) is 0 Å². The monoisotopic (exact) mass is 521 g/mol. The Hall–Kier alpha value is -0.655. The van der Waals surface area contributed by atoms with E-state index in [1.54, 1.807) is 0 Å². The molecule has 1 fully saturated rings. The second kappa shape index (κ2) is 8.12. The first-order valence-corrected chi connectivity index (χ1v) is 11.5. The lowest BCUT2D eigenvalue weighted by atomic mass is 9.72. The van der Waals surface area contributed by atoms with Crippen molar-refractivity contribution < 1.29 is 9.31 Å². The zero-order valence-corrected chi connectivity index (χ0v) is 21.7. The Bertz CT molecular complexity index is 911. The molecule has 0 saturated carbocycles. The normalized spacial score (nSPS) is 19.1. The van der Waals surface area contributed by atoms with Crippen molar-refractivity contribution in [3.8, 4) is 0 Å². The standard InChI is InChI=1S/C23H30BBr2NO2/c1-14-9-10-16(12-19(14)25)21(27(7)8)17-13-20(26)15(2)11-18(17)24-28-22(3,4)23(5,6)29-24/h9-13,21H,1-8H3/t21-/m0/s1. The van der Waals surface area contributed by atoms with Crippen molar-refractivity contribution in [3.05, 3.63) is 61.5 Å². The van der Waals surface area contributed by atoms with Crippen molar-refractivity contribution in [2.45, 2.75) is 58.8 Å². The van der Waals surface area contributed by atoms with Gasteiger partial charge in [-0.05, 0) is 95.5 Å². The van der Waals surface area contributed by atoms with Crippen LogP contribution in [0.25, 0.3) is 0 Å². The molecule has 1 saturated heterocycles. The summed E-state index contributed by atoms with van der Waals surface area (Å²) in [4.78, 5) is 2.24. The summed E-state index contributed by atoms with van der Waals surface area (Å²) in [5.74, 6) is 0. The minimum atomic E-state index is -0.405. The lowest BCUT2D eigenvalue weighted by molar-refractivity contribution is 0.00578. The quantitative estimate of drug-likeness (QED) is 0.475. The largest absolute Gasteiger partial charge is 0.495 e. The number of nitrogens with zero attached hydrogens (tertiary/aromatic N) is 1. The van der Waals surface area contributed by atoms with Gasteiger partial charge in [0.1, 0.15) is 0 Å². The van der Waals surface area contributed by atoms with Crippen LogP contribution < -0.4 is 5.46 Å². The molecule has 0 unspecified atom stereocenters. The number of hydrogen-bond acceptors (Lipinski definition) is 3. The number of halogens is 2. The Morgan fingerprint density at radius 2 is 1.41 bits per heavy atom. The lowest BCUT2D eigenvalue weighted by Gasteiger charge is -2.32. The molecule has 1 aliphatic heterocycles. The molecule has 0 spiro atoms. The highest BCUT2D eigenvalue weighted by molar-refractivity contribution is 9.10. The summed E-state index contributed by atoms with van der Waals surface area (Å²) in [6.07, 6.45) is 0. The van der Waals surface area contributed by atoms with Crippen molar-refractivity contribution in [3.63, 3.8) is 0 Å². The predicted octanol–water partition coefficient (Wildman–Crippen LogP) is 5.78. The molecule has 0 aromatic heterocycles. The van der Waals surface area contributed by atoms with E-state index in [2.05, 4.69) is 123 Å². The highest BCUT2D eigenvalue weighted by Crippen LogP contribution is 2.38. The van der Waals surface area contributed by atoms with Gasteiger partial charge in [0.15, 0.2) is 0 Å². The molecule has 0 radical (unpaired) electrons. The molecule has 3 nitrogen and oxygen atoms in total. The average Bonchev–Trinajstić information content (AvgIpc) is 2.81. The van der Waals surface area contributed by atoms with Gasteiger partial charge in [0.05, 0.1) is 17.2 Å². The van der Waals surface area contributed by atoms with Crippen molar-refractivity contribution in [2.24, 2.45) is 0 Å². The van der Waals surface area contributed by atoms with Gasteiger partial charge in [-0.1, -0.05) is 50.1 Å². The van der Waals surface area contributed by atoms with Crippen LogP contribution in [0.2, 0.25) is 0 Å². The maximum absolute atomic E-state index is 6.43. The van der Waals surface area contributed by atoms with E-state index >= 15 is 0 Å². The predicted molar refractivity (Wildman–Crippen MR) is 129 cm³/mol. The first-order chi connectivity index (χ1) is 13.3. The zero-order valence-electron chi connectivity index (χ0n) is 18.6. The average molecular weight is 523 g/mol. The fourth-order valence-corrected chi connectivity index (χ4v) is 4.42. The maximum Gasteiger partial charge on any atom is 0.495 e. The second-order valence-corrected chi connectivity index (χ2v) is 10.9. The smallest absolute Gasteiger partial charge is 0.399 e. The molecule has 0 N–H and O–H groups in total. The van der Waals surface area contributed by atoms with E-state index in [4.69, 9.17) is 9.31 Å². The van der Waals surface area contributed by atoms with Crippen molar-refractivity contribution in [1.82, 2.24) is 4.90 Å². The molecule has 2 aromatic carbocycles. The highest BCUT2D eigenvalue weighted by atomic mass is 79.9. The Balaban J connectivity index is 2.17. The SMILES string of the molecule is Cc1ccc([C@@H](c2cc(Br)c(C)cc2B2OC(C)(C)C(C)(C)O2)N(C)C)cc1Br. The lowest BCUT2D eigenvalue weighted by Crippen LogP contribution is -2.41. The first kappa shape index (κ1) is 23.0. The van der Waals surface area contributed by atoms with Crippen LogP contribution in [0.5, 0.6) is 0 Å². The second-order valence-electron chi connectivity index (χ2n) is 9.19. The molecule has 2 aromatic rings. The van der Waals surface area contributed by atoms with E-state index in [1.807, 2.05) is 0 Å². The van der Waals surface area contributed by atoms with Gasteiger partial charge in [-0.15, -0.1) is 0 Å². The third kappa shape index (κ3) is 4.38. The Labute approximate surface area is 192 Å².